The molecule has 10 rings (SSSR count). The molecule has 5 nitrogen and oxygen atoms in total. The number of rotatable bonds is 5. The molecule has 1 aliphatic carbocycles. The second-order valence-corrected chi connectivity index (χ2v) is 13.4. The molecule has 2 heterocycles. The van der Waals surface area contributed by atoms with Crippen LogP contribution in [-0.2, 0) is 13.0 Å². The van der Waals surface area contributed by atoms with Crippen molar-refractivity contribution < 1.29 is 8.83 Å². The number of fused-ring (bicyclic) bond motifs is 9. The molecular weight excluding hydrogens is 639 g/mol. The standard InChI is InChI=1S/C47H33N3O2/c48-46(50-47(49-28-29-10-2-1-3-11-29)33-22-24-35-31(26-33)21-20-30-12-4-5-13-34(30)35)38-16-9-19-43-45(38)44-36(15-8-18-42(44)52-43)32-23-25-41-39(27-32)37-14-6-7-17-40(37)51-41/h1-3,5-11,13-27H,4,12,28H2,(H2,48,49,50). The molecule has 0 aliphatic heterocycles. The van der Waals surface area contributed by atoms with E-state index < -0.39 is 0 Å². The van der Waals surface area contributed by atoms with Gasteiger partial charge < -0.3 is 14.6 Å². The number of nitrogens with two attached hydrogens (primary N) is 1. The molecule has 52 heavy (non-hydrogen) atoms. The van der Waals surface area contributed by atoms with Crippen LogP contribution >= 0.6 is 0 Å². The van der Waals surface area contributed by atoms with E-state index in [1.165, 1.54) is 16.5 Å². The van der Waals surface area contributed by atoms with Gasteiger partial charge in [0.2, 0.25) is 0 Å². The second-order valence-electron chi connectivity index (χ2n) is 13.4. The van der Waals surface area contributed by atoms with Gasteiger partial charge in [-0.1, -0.05) is 115 Å². The molecule has 0 saturated carbocycles. The predicted molar refractivity (Wildman–Crippen MR) is 215 cm³/mol. The Balaban J connectivity index is 1.13. The SMILES string of the molecule is NC(=NC(=NCc1ccccc1)c1ccc2c3c(ccc2c1)CCC=C3)c1cccc2oc3cccc(-c4ccc5oc6ccccc6c5c4)c3c12. The number of furan rings is 2. The Hall–Kier alpha value is -6.72. The number of nitrogens with zero attached hydrogens (tertiary/aromatic N) is 2. The zero-order chi connectivity index (χ0) is 34.6. The predicted octanol–water partition coefficient (Wildman–Crippen LogP) is 11.6. The van der Waals surface area contributed by atoms with Gasteiger partial charge in [0.1, 0.15) is 28.2 Å². The first kappa shape index (κ1) is 30.1. The Morgan fingerprint density at radius 2 is 1.42 bits per heavy atom. The zero-order valence-electron chi connectivity index (χ0n) is 28.3. The minimum Gasteiger partial charge on any atom is -0.456 e. The lowest BCUT2D eigenvalue weighted by Gasteiger charge is -2.14. The van der Waals surface area contributed by atoms with Crippen molar-refractivity contribution in [2.75, 3.05) is 0 Å². The molecule has 9 aromatic rings. The van der Waals surface area contributed by atoms with Crippen LogP contribution in [0.2, 0.25) is 0 Å². The molecule has 2 N–H and O–H groups in total. The van der Waals surface area contributed by atoms with Crippen molar-refractivity contribution in [1.82, 2.24) is 0 Å². The van der Waals surface area contributed by atoms with Crippen molar-refractivity contribution in [3.63, 3.8) is 0 Å². The molecule has 0 radical (unpaired) electrons. The maximum Gasteiger partial charge on any atom is 0.157 e. The summed E-state index contributed by atoms with van der Waals surface area (Å²) < 4.78 is 12.6. The topological polar surface area (TPSA) is 77.0 Å². The van der Waals surface area contributed by atoms with Gasteiger partial charge in [-0.2, -0.15) is 0 Å². The molecule has 0 saturated heterocycles. The van der Waals surface area contributed by atoms with E-state index in [-0.39, 0.29) is 0 Å². The highest BCUT2D eigenvalue weighted by Gasteiger charge is 2.19. The maximum absolute atomic E-state index is 7.04. The zero-order valence-corrected chi connectivity index (χ0v) is 28.3. The molecule has 1 aliphatic rings. The average Bonchev–Trinajstić information content (AvgIpc) is 3.78. The average molecular weight is 672 g/mol. The summed E-state index contributed by atoms with van der Waals surface area (Å²) >= 11 is 0. The highest BCUT2D eigenvalue weighted by atomic mass is 16.3. The summed E-state index contributed by atoms with van der Waals surface area (Å²) in [6, 6.07) is 47.9. The second kappa shape index (κ2) is 12.3. The largest absolute Gasteiger partial charge is 0.456 e. The molecule has 0 fully saturated rings. The number of aliphatic imine (C=N–C) groups is 2. The lowest BCUT2D eigenvalue weighted by molar-refractivity contribution is 0.669. The van der Waals surface area contributed by atoms with Crippen molar-refractivity contribution in [3.8, 4) is 11.1 Å². The quantitative estimate of drug-likeness (QED) is 0.146. The van der Waals surface area contributed by atoms with Crippen molar-refractivity contribution in [1.29, 1.82) is 0 Å². The smallest absolute Gasteiger partial charge is 0.157 e. The normalized spacial score (nSPS) is 13.5. The Kier molecular flexibility index (Phi) is 7.10. The van der Waals surface area contributed by atoms with E-state index in [2.05, 4.69) is 78.9 Å². The van der Waals surface area contributed by atoms with Crippen molar-refractivity contribution >= 4 is 72.4 Å². The van der Waals surface area contributed by atoms with Crippen LogP contribution in [0.4, 0.5) is 0 Å². The van der Waals surface area contributed by atoms with Crippen molar-refractivity contribution in [3.05, 3.63) is 173 Å². The van der Waals surface area contributed by atoms with Gasteiger partial charge in [-0.15, -0.1) is 0 Å². The summed E-state index contributed by atoms with van der Waals surface area (Å²) in [5.41, 5.74) is 17.9. The van der Waals surface area contributed by atoms with Crippen LogP contribution in [0.1, 0.15) is 34.2 Å². The Labute approximate surface area is 300 Å². The van der Waals surface area contributed by atoms with Gasteiger partial charge in [-0.25, -0.2) is 4.99 Å². The third kappa shape index (κ3) is 5.09. The molecule has 0 spiro atoms. The molecular formula is C47H33N3O2. The van der Waals surface area contributed by atoms with Gasteiger partial charge in [0.15, 0.2) is 5.84 Å². The first-order chi connectivity index (χ1) is 25.7. The number of para-hydroxylation sites is 1. The van der Waals surface area contributed by atoms with E-state index in [9.17, 15) is 0 Å². The van der Waals surface area contributed by atoms with E-state index in [1.807, 2.05) is 72.8 Å². The third-order valence-electron chi connectivity index (χ3n) is 10.2. The number of hydrogen-bond donors (Lipinski definition) is 1. The van der Waals surface area contributed by atoms with Crippen molar-refractivity contribution in [2.45, 2.75) is 19.4 Å². The Bertz CT molecular complexity index is 2940. The van der Waals surface area contributed by atoms with Gasteiger partial charge >= 0.3 is 0 Å². The fraction of sp³-hybridized carbons (Fsp3) is 0.0638. The number of allylic oxidation sites excluding steroid dienone is 1. The molecule has 0 amide bonds. The van der Waals surface area contributed by atoms with Gasteiger partial charge in [-0.05, 0) is 87.8 Å². The number of benzene rings is 7. The monoisotopic (exact) mass is 671 g/mol. The van der Waals surface area contributed by atoms with Gasteiger partial charge in [0, 0.05) is 32.7 Å². The van der Waals surface area contributed by atoms with Crippen molar-refractivity contribution in [2.24, 2.45) is 15.7 Å². The molecule has 5 heteroatoms. The van der Waals surface area contributed by atoms with Gasteiger partial charge in [0.05, 0.1) is 6.54 Å². The van der Waals surface area contributed by atoms with Gasteiger partial charge in [-0.3, -0.25) is 4.99 Å². The highest BCUT2D eigenvalue weighted by Crippen LogP contribution is 2.40. The van der Waals surface area contributed by atoms with Crippen LogP contribution in [0.15, 0.2) is 164 Å². The van der Waals surface area contributed by atoms with Crippen LogP contribution in [-0.4, -0.2) is 11.7 Å². The minimum absolute atomic E-state index is 0.375. The first-order valence-corrected chi connectivity index (χ1v) is 17.7. The fourth-order valence-corrected chi connectivity index (χ4v) is 7.72. The molecule has 248 valence electrons. The van der Waals surface area contributed by atoms with Crippen LogP contribution in [0, 0.1) is 0 Å². The number of amidine groups is 2. The Morgan fingerprint density at radius 3 is 2.35 bits per heavy atom. The van der Waals surface area contributed by atoms with E-state index >= 15 is 0 Å². The molecule has 7 aromatic carbocycles. The first-order valence-electron chi connectivity index (χ1n) is 17.7. The van der Waals surface area contributed by atoms with Crippen LogP contribution in [0.3, 0.4) is 0 Å². The summed E-state index contributed by atoms with van der Waals surface area (Å²) in [6.07, 6.45) is 6.66. The van der Waals surface area contributed by atoms with E-state index in [1.54, 1.807) is 0 Å². The lowest BCUT2D eigenvalue weighted by atomic mass is 9.91. The third-order valence-corrected chi connectivity index (χ3v) is 10.2. The summed E-state index contributed by atoms with van der Waals surface area (Å²) in [5, 5.41) is 6.47. The molecule has 0 bridgehead atoms. The summed E-state index contributed by atoms with van der Waals surface area (Å²) in [5.74, 6) is 0.957. The number of hydrogen-bond acceptors (Lipinski definition) is 3. The van der Waals surface area contributed by atoms with Crippen LogP contribution < -0.4 is 5.73 Å². The van der Waals surface area contributed by atoms with Crippen LogP contribution in [0.25, 0.3) is 71.9 Å². The van der Waals surface area contributed by atoms with E-state index in [0.29, 0.717) is 18.2 Å². The number of aryl methyl sites for hydroxylation is 1. The van der Waals surface area contributed by atoms with E-state index in [0.717, 1.165) is 89.9 Å². The fourth-order valence-electron chi connectivity index (χ4n) is 7.72. The van der Waals surface area contributed by atoms with E-state index in [4.69, 9.17) is 24.6 Å². The molecule has 0 unspecified atom stereocenters. The van der Waals surface area contributed by atoms with Crippen LogP contribution in [0.5, 0.6) is 0 Å². The summed E-state index contributed by atoms with van der Waals surface area (Å²) in [7, 11) is 0. The highest BCUT2D eigenvalue weighted by molar-refractivity contribution is 6.23. The molecule has 2 aromatic heterocycles. The lowest BCUT2D eigenvalue weighted by Crippen LogP contribution is -2.17. The summed E-state index contributed by atoms with van der Waals surface area (Å²) in [4.78, 5) is 10.2. The summed E-state index contributed by atoms with van der Waals surface area (Å²) in [6.45, 7) is 0.478. The Morgan fingerprint density at radius 1 is 0.635 bits per heavy atom. The molecule has 0 atom stereocenters. The minimum atomic E-state index is 0.375. The maximum atomic E-state index is 7.04. The van der Waals surface area contributed by atoms with Gasteiger partial charge in [0.25, 0.3) is 0 Å².